The van der Waals surface area contributed by atoms with E-state index >= 15 is 0 Å². The van der Waals surface area contributed by atoms with Crippen LogP contribution in [0.25, 0.3) is 5.69 Å². The molecule has 0 aliphatic rings. The van der Waals surface area contributed by atoms with Gasteiger partial charge >= 0.3 is 0 Å². The molecule has 0 aliphatic carbocycles. The Kier molecular flexibility index (Phi) is 4.71. The van der Waals surface area contributed by atoms with E-state index in [0.717, 1.165) is 23.6 Å². The van der Waals surface area contributed by atoms with Crippen molar-refractivity contribution in [3.8, 4) is 5.69 Å². The number of aromatic nitrogens is 2. The lowest BCUT2D eigenvalue weighted by Crippen LogP contribution is -2.26. The number of hydrogen-bond acceptors (Lipinski definition) is 3. The molecule has 4 heteroatoms. The first-order valence-corrected chi connectivity index (χ1v) is 6.69. The Bertz CT molecular complexity index is 507. The number of aliphatic hydroxyl groups is 1. The summed E-state index contributed by atoms with van der Waals surface area (Å²) in [5.74, 6) is 0.971. The minimum Gasteiger partial charge on any atom is -0.392 e. The van der Waals surface area contributed by atoms with Crippen molar-refractivity contribution in [2.45, 2.75) is 32.9 Å². The fourth-order valence-corrected chi connectivity index (χ4v) is 2.06. The second-order valence-electron chi connectivity index (χ2n) is 4.66. The summed E-state index contributed by atoms with van der Waals surface area (Å²) in [6.07, 6.45) is 2.37. The largest absolute Gasteiger partial charge is 0.392 e. The third kappa shape index (κ3) is 3.43. The van der Waals surface area contributed by atoms with E-state index in [9.17, 15) is 5.11 Å². The Morgan fingerprint density at radius 1 is 1.32 bits per heavy atom. The summed E-state index contributed by atoms with van der Waals surface area (Å²) in [4.78, 5) is 4.37. The van der Waals surface area contributed by atoms with Crippen molar-refractivity contribution in [1.82, 2.24) is 14.9 Å². The molecule has 1 atom stereocenters. The van der Waals surface area contributed by atoms with Gasteiger partial charge in [-0.1, -0.05) is 25.1 Å². The molecule has 1 aromatic carbocycles. The fourth-order valence-electron chi connectivity index (χ4n) is 2.06. The van der Waals surface area contributed by atoms with Gasteiger partial charge in [-0.2, -0.15) is 0 Å². The molecule has 2 N–H and O–H groups in total. The molecule has 1 aromatic heterocycles. The van der Waals surface area contributed by atoms with Gasteiger partial charge in [0.05, 0.1) is 18.0 Å². The van der Waals surface area contributed by atoms with Crippen LogP contribution in [0, 0.1) is 6.92 Å². The number of rotatable bonds is 6. The number of aryl methyl sites for hydroxylation is 1. The number of nitrogens with one attached hydrogen (secondary N) is 1. The highest BCUT2D eigenvalue weighted by Gasteiger charge is 2.08. The monoisotopic (exact) mass is 259 g/mol. The van der Waals surface area contributed by atoms with Crippen LogP contribution in [0.15, 0.2) is 36.5 Å². The van der Waals surface area contributed by atoms with E-state index in [4.69, 9.17) is 0 Å². The SMILES string of the molecule is CCC(O)CNCc1cnc(C)n1-c1ccccc1. The van der Waals surface area contributed by atoms with Gasteiger partial charge in [0.2, 0.25) is 0 Å². The number of aliphatic hydroxyl groups excluding tert-OH is 1. The third-order valence-corrected chi connectivity index (χ3v) is 3.18. The number of imidazole rings is 1. The topological polar surface area (TPSA) is 50.1 Å². The summed E-state index contributed by atoms with van der Waals surface area (Å²) in [6, 6.07) is 10.2. The molecule has 2 aromatic rings. The highest BCUT2D eigenvalue weighted by Crippen LogP contribution is 2.14. The average Bonchev–Trinajstić information content (AvgIpc) is 2.80. The van der Waals surface area contributed by atoms with Crippen LogP contribution in [-0.4, -0.2) is 27.3 Å². The zero-order chi connectivity index (χ0) is 13.7. The molecule has 102 valence electrons. The summed E-state index contributed by atoms with van der Waals surface area (Å²) < 4.78 is 2.13. The van der Waals surface area contributed by atoms with E-state index in [2.05, 4.69) is 27.0 Å². The maximum atomic E-state index is 9.54. The van der Waals surface area contributed by atoms with Crippen molar-refractivity contribution in [2.24, 2.45) is 0 Å². The molecule has 19 heavy (non-hydrogen) atoms. The number of benzene rings is 1. The van der Waals surface area contributed by atoms with Crippen molar-refractivity contribution in [2.75, 3.05) is 6.54 Å². The predicted octanol–water partition coefficient (Wildman–Crippen LogP) is 2.04. The minimum atomic E-state index is -0.283. The molecule has 0 bridgehead atoms. The third-order valence-electron chi connectivity index (χ3n) is 3.18. The molecule has 0 saturated heterocycles. The highest BCUT2D eigenvalue weighted by molar-refractivity contribution is 5.35. The van der Waals surface area contributed by atoms with Crippen LogP contribution in [0.3, 0.4) is 0 Å². The van der Waals surface area contributed by atoms with Crippen molar-refractivity contribution in [1.29, 1.82) is 0 Å². The normalized spacial score (nSPS) is 12.6. The molecule has 1 heterocycles. The van der Waals surface area contributed by atoms with Crippen molar-refractivity contribution >= 4 is 0 Å². The number of hydrogen-bond donors (Lipinski definition) is 2. The molecule has 0 spiro atoms. The van der Waals surface area contributed by atoms with Crippen LogP contribution < -0.4 is 5.32 Å². The second-order valence-corrected chi connectivity index (χ2v) is 4.66. The summed E-state index contributed by atoms with van der Waals surface area (Å²) in [6.45, 7) is 5.28. The molecule has 0 fully saturated rings. The van der Waals surface area contributed by atoms with E-state index in [-0.39, 0.29) is 6.10 Å². The predicted molar refractivity (Wildman–Crippen MR) is 76.3 cm³/mol. The van der Waals surface area contributed by atoms with Crippen LogP contribution in [0.5, 0.6) is 0 Å². The van der Waals surface area contributed by atoms with E-state index in [0.29, 0.717) is 13.1 Å². The summed E-state index contributed by atoms with van der Waals surface area (Å²) in [5.41, 5.74) is 2.22. The second kappa shape index (κ2) is 6.50. The first-order chi connectivity index (χ1) is 9.22. The first-order valence-electron chi connectivity index (χ1n) is 6.69. The van der Waals surface area contributed by atoms with Gasteiger partial charge in [0.25, 0.3) is 0 Å². The van der Waals surface area contributed by atoms with Gasteiger partial charge in [-0.3, -0.25) is 4.57 Å². The Hall–Kier alpha value is -1.65. The Labute approximate surface area is 114 Å². The maximum absolute atomic E-state index is 9.54. The zero-order valence-electron chi connectivity index (χ0n) is 11.5. The molecule has 0 amide bonds. The van der Waals surface area contributed by atoms with Crippen molar-refractivity contribution in [3.05, 3.63) is 48.0 Å². The standard InChI is InChI=1S/C15H21N3O/c1-3-15(19)11-16-9-14-10-17-12(2)18(14)13-7-5-4-6-8-13/h4-8,10,15-16,19H,3,9,11H2,1-2H3. The Morgan fingerprint density at radius 3 is 2.74 bits per heavy atom. The van der Waals surface area contributed by atoms with Gasteiger partial charge in [0.1, 0.15) is 5.82 Å². The van der Waals surface area contributed by atoms with Crippen LogP contribution in [0.2, 0.25) is 0 Å². The van der Waals surface area contributed by atoms with Gasteiger partial charge in [-0.15, -0.1) is 0 Å². The molecule has 4 nitrogen and oxygen atoms in total. The Morgan fingerprint density at radius 2 is 2.05 bits per heavy atom. The van der Waals surface area contributed by atoms with Crippen LogP contribution in [0.1, 0.15) is 24.9 Å². The lowest BCUT2D eigenvalue weighted by molar-refractivity contribution is 0.167. The van der Waals surface area contributed by atoms with E-state index < -0.39 is 0 Å². The molecular formula is C15H21N3O. The van der Waals surface area contributed by atoms with E-state index in [1.165, 1.54) is 0 Å². The lowest BCUT2D eigenvalue weighted by Gasteiger charge is -2.12. The fraction of sp³-hybridized carbons (Fsp3) is 0.400. The number of para-hydroxylation sites is 1. The Balaban J connectivity index is 2.10. The first kappa shape index (κ1) is 13.8. The lowest BCUT2D eigenvalue weighted by atomic mass is 10.2. The van der Waals surface area contributed by atoms with Gasteiger partial charge in [-0.05, 0) is 25.5 Å². The smallest absolute Gasteiger partial charge is 0.110 e. The van der Waals surface area contributed by atoms with Crippen molar-refractivity contribution in [3.63, 3.8) is 0 Å². The summed E-state index contributed by atoms with van der Waals surface area (Å²) in [5, 5.41) is 12.8. The summed E-state index contributed by atoms with van der Waals surface area (Å²) in [7, 11) is 0. The molecular weight excluding hydrogens is 238 g/mol. The minimum absolute atomic E-state index is 0.283. The van der Waals surface area contributed by atoms with Gasteiger partial charge in [0.15, 0.2) is 0 Å². The molecule has 0 saturated carbocycles. The van der Waals surface area contributed by atoms with E-state index in [1.54, 1.807) is 0 Å². The van der Waals surface area contributed by atoms with Gasteiger partial charge < -0.3 is 10.4 Å². The molecule has 2 rings (SSSR count). The average molecular weight is 259 g/mol. The number of nitrogens with zero attached hydrogens (tertiary/aromatic N) is 2. The maximum Gasteiger partial charge on any atom is 0.110 e. The van der Waals surface area contributed by atoms with Crippen LogP contribution in [-0.2, 0) is 6.54 Å². The molecule has 1 unspecified atom stereocenters. The van der Waals surface area contributed by atoms with Crippen molar-refractivity contribution < 1.29 is 5.11 Å². The van der Waals surface area contributed by atoms with E-state index in [1.807, 2.05) is 38.2 Å². The van der Waals surface area contributed by atoms with Crippen LogP contribution in [0.4, 0.5) is 0 Å². The summed E-state index contributed by atoms with van der Waals surface area (Å²) >= 11 is 0. The molecule has 0 aliphatic heterocycles. The van der Waals surface area contributed by atoms with Gasteiger partial charge in [0, 0.05) is 18.8 Å². The van der Waals surface area contributed by atoms with Gasteiger partial charge in [-0.25, -0.2) is 4.98 Å². The molecule has 0 radical (unpaired) electrons. The quantitative estimate of drug-likeness (QED) is 0.834. The highest BCUT2D eigenvalue weighted by atomic mass is 16.3. The zero-order valence-corrected chi connectivity index (χ0v) is 11.5. The van der Waals surface area contributed by atoms with Crippen LogP contribution >= 0.6 is 0 Å².